The first kappa shape index (κ1) is 11.3. The summed E-state index contributed by atoms with van der Waals surface area (Å²) >= 11 is 0. The maximum absolute atomic E-state index is 10.9. The van der Waals surface area contributed by atoms with Gasteiger partial charge in [-0.05, 0) is 20.8 Å². The molecule has 0 fully saturated rings. The van der Waals surface area contributed by atoms with Gasteiger partial charge in [-0.25, -0.2) is 19.4 Å². The van der Waals surface area contributed by atoms with Crippen molar-refractivity contribution in [1.29, 1.82) is 0 Å². The smallest absolute Gasteiger partial charge is 0.339 e. The van der Waals surface area contributed by atoms with Gasteiger partial charge in [0.2, 0.25) is 0 Å². The highest BCUT2D eigenvalue weighted by atomic mass is 16.4. The first-order valence-electron chi connectivity index (χ1n) is 5.09. The maximum atomic E-state index is 10.9. The van der Waals surface area contributed by atoms with E-state index in [1.807, 2.05) is 6.92 Å². The lowest BCUT2D eigenvalue weighted by Crippen LogP contribution is -2.02. The Hall–Kier alpha value is -2.24. The van der Waals surface area contributed by atoms with Gasteiger partial charge in [-0.2, -0.15) is 5.10 Å². The maximum Gasteiger partial charge on any atom is 0.339 e. The molecule has 88 valence electrons. The summed E-state index contributed by atoms with van der Waals surface area (Å²) in [5, 5.41) is 13.1. The monoisotopic (exact) mass is 232 g/mol. The van der Waals surface area contributed by atoms with Crippen LogP contribution in [0.3, 0.4) is 0 Å². The van der Waals surface area contributed by atoms with Gasteiger partial charge in [0, 0.05) is 18.0 Å². The van der Waals surface area contributed by atoms with Crippen molar-refractivity contribution in [2.75, 3.05) is 0 Å². The molecule has 2 rings (SSSR count). The number of nitrogens with zero attached hydrogens (tertiary/aromatic N) is 4. The van der Waals surface area contributed by atoms with Crippen LogP contribution in [0.2, 0.25) is 0 Å². The Morgan fingerprint density at radius 2 is 2.00 bits per heavy atom. The Labute approximate surface area is 98.0 Å². The van der Waals surface area contributed by atoms with Gasteiger partial charge >= 0.3 is 5.97 Å². The zero-order valence-electron chi connectivity index (χ0n) is 9.80. The zero-order valence-corrected chi connectivity index (χ0v) is 9.80. The molecule has 6 nitrogen and oxygen atoms in total. The van der Waals surface area contributed by atoms with Crippen LogP contribution >= 0.6 is 0 Å². The third-order valence-electron chi connectivity index (χ3n) is 2.32. The second kappa shape index (κ2) is 3.97. The molecule has 0 amide bonds. The molecule has 6 heteroatoms. The quantitative estimate of drug-likeness (QED) is 0.843. The van der Waals surface area contributed by atoms with Gasteiger partial charge in [0.1, 0.15) is 11.4 Å². The standard InChI is InChI=1S/C11H12N4O2/c1-6-4-10(13-8(3)12-6)15-5-9(11(16)17)7(2)14-15/h4-5H,1-3H3,(H,16,17). The molecule has 0 bridgehead atoms. The minimum atomic E-state index is -0.990. The number of hydrogen-bond acceptors (Lipinski definition) is 4. The molecule has 0 aliphatic heterocycles. The van der Waals surface area contributed by atoms with Crippen LogP contribution in [0.25, 0.3) is 5.82 Å². The fourth-order valence-corrected chi connectivity index (χ4v) is 1.60. The summed E-state index contributed by atoms with van der Waals surface area (Å²) in [5.41, 5.74) is 1.46. The molecular formula is C11H12N4O2. The first-order valence-corrected chi connectivity index (χ1v) is 5.09. The average molecular weight is 232 g/mol. The molecule has 0 saturated heterocycles. The number of aromatic carboxylic acids is 1. The number of aryl methyl sites for hydroxylation is 3. The summed E-state index contributed by atoms with van der Waals surface area (Å²) < 4.78 is 1.46. The van der Waals surface area contributed by atoms with E-state index in [0.717, 1.165) is 5.69 Å². The van der Waals surface area contributed by atoms with Crippen molar-refractivity contribution >= 4 is 5.97 Å². The van der Waals surface area contributed by atoms with Crippen molar-refractivity contribution in [1.82, 2.24) is 19.7 Å². The molecule has 17 heavy (non-hydrogen) atoms. The van der Waals surface area contributed by atoms with Gasteiger partial charge in [-0.3, -0.25) is 0 Å². The third kappa shape index (κ3) is 2.15. The summed E-state index contributed by atoms with van der Waals surface area (Å²) in [4.78, 5) is 19.3. The van der Waals surface area contributed by atoms with Crippen molar-refractivity contribution < 1.29 is 9.90 Å². The fourth-order valence-electron chi connectivity index (χ4n) is 1.60. The van der Waals surface area contributed by atoms with Gasteiger partial charge in [0.05, 0.1) is 5.69 Å². The summed E-state index contributed by atoms with van der Waals surface area (Å²) in [5.74, 6) is 0.215. The van der Waals surface area contributed by atoms with E-state index in [4.69, 9.17) is 5.11 Å². The van der Waals surface area contributed by atoms with Gasteiger partial charge in [0.15, 0.2) is 5.82 Å². The number of carboxylic acids is 1. The first-order chi connectivity index (χ1) is 7.97. The lowest BCUT2D eigenvalue weighted by Gasteiger charge is -2.02. The lowest BCUT2D eigenvalue weighted by atomic mass is 10.3. The Balaban J connectivity index is 2.53. The molecule has 0 aliphatic rings. The second-order valence-corrected chi connectivity index (χ2v) is 3.79. The Morgan fingerprint density at radius 1 is 1.29 bits per heavy atom. The normalized spacial score (nSPS) is 10.5. The molecular weight excluding hydrogens is 220 g/mol. The van der Waals surface area contributed by atoms with Crippen molar-refractivity contribution in [2.24, 2.45) is 0 Å². The number of carbonyl (C=O) groups is 1. The van der Waals surface area contributed by atoms with Gasteiger partial charge < -0.3 is 5.11 Å². The topological polar surface area (TPSA) is 80.9 Å². The van der Waals surface area contributed by atoms with Gasteiger partial charge in [-0.15, -0.1) is 0 Å². The van der Waals surface area contributed by atoms with Crippen molar-refractivity contribution in [3.63, 3.8) is 0 Å². The highest BCUT2D eigenvalue weighted by Gasteiger charge is 2.13. The van der Waals surface area contributed by atoms with Gasteiger partial charge in [-0.1, -0.05) is 0 Å². The molecule has 1 N–H and O–H groups in total. The fraction of sp³-hybridized carbons (Fsp3) is 0.273. The molecule has 0 spiro atoms. The van der Waals surface area contributed by atoms with Gasteiger partial charge in [0.25, 0.3) is 0 Å². The van der Waals surface area contributed by atoms with Crippen LogP contribution in [-0.2, 0) is 0 Å². The van der Waals surface area contributed by atoms with Crippen LogP contribution in [0.4, 0.5) is 0 Å². The van der Waals surface area contributed by atoms with Crippen LogP contribution in [0.5, 0.6) is 0 Å². The third-order valence-corrected chi connectivity index (χ3v) is 2.32. The molecule has 0 aliphatic carbocycles. The van der Waals surface area contributed by atoms with E-state index in [1.54, 1.807) is 19.9 Å². The molecule has 0 aromatic carbocycles. The molecule has 2 aromatic heterocycles. The number of aromatic nitrogens is 4. The Kier molecular flexibility index (Phi) is 2.63. The number of rotatable bonds is 2. The molecule has 0 radical (unpaired) electrons. The van der Waals surface area contributed by atoms with E-state index in [1.165, 1.54) is 10.9 Å². The largest absolute Gasteiger partial charge is 0.478 e. The van der Waals surface area contributed by atoms with Crippen LogP contribution < -0.4 is 0 Å². The molecule has 2 heterocycles. The van der Waals surface area contributed by atoms with Crippen LogP contribution in [-0.4, -0.2) is 30.8 Å². The highest BCUT2D eigenvalue weighted by molar-refractivity contribution is 5.88. The molecule has 0 atom stereocenters. The Morgan fingerprint density at radius 3 is 2.53 bits per heavy atom. The van der Waals surface area contributed by atoms with E-state index in [-0.39, 0.29) is 5.56 Å². The van der Waals surface area contributed by atoms with Crippen molar-refractivity contribution in [3.8, 4) is 5.82 Å². The van der Waals surface area contributed by atoms with E-state index in [9.17, 15) is 4.79 Å². The summed E-state index contributed by atoms with van der Waals surface area (Å²) in [6.45, 7) is 5.29. The predicted octanol–water partition coefficient (Wildman–Crippen LogP) is 1.29. The summed E-state index contributed by atoms with van der Waals surface area (Å²) in [7, 11) is 0. The SMILES string of the molecule is Cc1cc(-n2cc(C(=O)O)c(C)n2)nc(C)n1. The number of hydrogen-bond donors (Lipinski definition) is 1. The second-order valence-electron chi connectivity index (χ2n) is 3.79. The van der Waals surface area contributed by atoms with Crippen LogP contribution in [0.15, 0.2) is 12.3 Å². The summed E-state index contributed by atoms with van der Waals surface area (Å²) in [6, 6.07) is 1.76. The van der Waals surface area contributed by atoms with E-state index in [0.29, 0.717) is 17.3 Å². The zero-order chi connectivity index (χ0) is 12.6. The van der Waals surface area contributed by atoms with E-state index >= 15 is 0 Å². The molecule has 0 saturated carbocycles. The van der Waals surface area contributed by atoms with Crippen molar-refractivity contribution in [3.05, 3.63) is 35.0 Å². The molecule has 2 aromatic rings. The molecule has 0 unspecified atom stereocenters. The van der Waals surface area contributed by atoms with Crippen LogP contribution in [0.1, 0.15) is 27.6 Å². The van der Waals surface area contributed by atoms with Crippen molar-refractivity contribution in [2.45, 2.75) is 20.8 Å². The lowest BCUT2D eigenvalue weighted by molar-refractivity contribution is 0.0696. The average Bonchev–Trinajstić information content (AvgIpc) is 2.59. The number of carboxylic acid groups (broad SMARTS) is 1. The predicted molar refractivity (Wildman–Crippen MR) is 60.3 cm³/mol. The minimum Gasteiger partial charge on any atom is -0.478 e. The van der Waals surface area contributed by atoms with E-state index < -0.39 is 5.97 Å². The van der Waals surface area contributed by atoms with Crippen LogP contribution in [0, 0.1) is 20.8 Å². The Bertz CT molecular complexity index is 569. The van der Waals surface area contributed by atoms with E-state index in [2.05, 4.69) is 15.1 Å². The minimum absolute atomic E-state index is 0.180. The highest BCUT2D eigenvalue weighted by Crippen LogP contribution is 2.11. The summed E-state index contributed by atoms with van der Waals surface area (Å²) in [6.07, 6.45) is 1.46.